The van der Waals surface area contributed by atoms with Crippen LogP contribution in [0.15, 0.2) is 30.3 Å². The zero-order valence-corrected chi connectivity index (χ0v) is 21.3. The molecule has 2 unspecified atom stereocenters. The Labute approximate surface area is 211 Å². The number of hydrogen-bond acceptors (Lipinski definition) is 4. The summed E-state index contributed by atoms with van der Waals surface area (Å²) in [7, 11) is 0. The van der Waals surface area contributed by atoms with Crippen molar-refractivity contribution in [2.45, 2.75) is 39.7 Å². The Bertz CT molecular complexity index is 996. The molecule has 2 aliphatic rings. The molecule has 2 heterocycles. The second-order valence-corrected chi connectivity index (χ2v) is 10.2. The van der Waals surface area contributed by atoms with Crippen LogP contribution in [0, 0.1) is 25.7 Å². The van der Waals surface area contributed by atoms with Gasteiger partial charge in [0.05, 0.1) is 21.7 Å². The van der Waals surface area contributed by atoms with Gasteiger partial charge in [0.25, 0.3) is 6.47 Å². The molecule has 2 fully saturated rings. The molecular weight excluding hydrogens is 475 g/mol. The van der Waals surface area contributed by atoms with Crippen LogP contribution in [0.2, 0.25) is 10.0 Å². The molecule has 2 aromatic rings. The number of carbonyl (C=O) groups is 2. The van der Waals surface area contributed by atoms with Crippen LogP contribution in [-0.4, -0.2) is 53.7 Å². The SMILES string of the molecule is Cc1cc(C2CN(c3c(Cl)cccc3Cl)C2)cc(C)c1CN1CCC(C(=O)O)C(C)C1.O=CO. The second-order valence-electron chi connectivity index (χ2n) is 9.36. The fourth-order valence-corrected chi connectivity index (χ4v) is 5.78. The van der Waals surface area contributed by atoms with Crippen LogP contribution in [-0.2, 0) is 16.1 Å². The molecule has 2 N–H and O–H groups in total. The Morgan fingerprint density at radius 2 is 1.68 bits per heavy atom. The normalized spacial score (nSPS) is 20.8. The zero-order valence-electron chi connectivity index (χ0n) is 19.8. The summed E-state index contributed by atoms with van der Waals surface area (Å²) < 4.78 is 0. The van der Waals surface area contributed by atoms with Crippen LogP contribution in [0.1, 0.15) is 41.5 Å². The number of aliphatic carboxylic acids is 1. The van der Waals surface area contributed by atoms with E-state index in [0.29, 0.717) is 16.0 Å². The maximum Gasteiger partial charge on any atom is 0.306 e. The first-order valence-corrected chi connectivity index (χ1v) is 12.2. The molecule has 0 spiro atoms. The average molecular weight is 507 g/mol. The average Bonchev–Trinajstić information content (AvgIpc) is 2.72. The number of aryl methyl sites for hydroxylation is 2. The van der Waals surface area contributed by atoms with Crippen LogP contribution in [0.3, 0.4) is 0 Å². The molecule has 2 aromatic carbocycles. The molecule has 2 saturated heterocycles. The lowest BCUT2D eigenvalue weighted by molar-refractivity contribution is -0.145. The molecule has 0 aromatic heterocycles. The van der Waals surface area contributed by atoms with Gasteiger partial charge in [0, 0.05) is 32.1 Å². The van der Waals surface area contributed by atoms with E-state index in [1.54, 1.807) is 0 Å². The molecule has 6 nitrogen and oxygen atoms in total. The number of carboxylic acids is 1. The van der Waals surface area contributed by atoms with Crippen molar-refractivity contribution in [2.24, 2.45) is 11.8 Å². The van der Waals surface area contributed by atoms with Gasteiger partial charge in [-0.2, -0.15) is 0 Å². The summed E-state index contributed by atoms with van der Waals surface area (Å²) in [6.07, 6.45) is 0.731. The summed E-state index contributed by atoms with van der Waals surface area (Å²) >= 11 is 12.7. The Hall–Kier alpha value is -2.28. The minimum Gasteiger partial charge on any atom is -0.483 e. The van der Waals surface area contributed by atoms with Crippen molar-refractivity contribution in [3.05, 3.63) is 62.6 Å². The van der Waals surface area contributed by atoms with E-state index in [-0.39, 0.29) is 18.3 Å². The zero-order chi connectivity index (χ0) is 25.0. The number of piperidine rings is 1. The van der Waals surface area contributed by atoms with Gasteiger partial charge in [-0.25, -0.2) is 0 Å². The molecule has 0 amide bonds. The van der Waals surface area contributed by atoms with Gasteiger partial charge in [-0.15, -0.1) is 0 Å². The number of benzene rings is 2. The Morgan fingerprint density at radius 1 is 1.12 bits per heavy atom. The van der Waals surface area contributed by atoms with E-state index in [1.807, 2.05) is 18.2 Å². The lowest BCUT2D eigenvalue weighted by Crippen LogP contribution is -2.45. The van der Waals surface area contributed by atoms with Crippen molar-refractivity contribution < 1.29 is 19.8 Å². The minimum atomic E-state index is -0.656. The summed E-state index contributed by atoms with van der Waals surface area (Å²) in [5.74, 6) is -0.209. The number of rotatable bonds is 5. The maximum absolute atomic E-state index is 11.4. The smallest absolute Gasteiger partial charge is 0.306 e. The second kappa shape index (κ2) is 11.4. The molecule has 2 aliphatic heterocycles. The van der Waals surface area contributed by atoms with E-state index < -0.39 is 5.97 Å². The van der Waals surface area contributed by atoms with Gasteiger partial charge in [0.2, 0.25) is 0 Å². The monoisotopic (exact) mass is 506 g/mol. The first-order chi connectivity index (χ1) is 16.2. The summed E-state index contributed by atoms with van der Waals surface area (Å²) in [5.41, 5.74) is 6.31. The summed E-state index contributed by atoms with van der Waals surface area (Å²) in [4.78, 5) is 24.4. The van der Waals surface area contributed by atoms with Gasteiger partial charge in [0.15, 0.2) is 0 Å². The fourth-order valence-electron chi connectivity index (χ4n) is 5.14. The predicted molar refractivity (Wildman–Crippen MR) is 136 cm³/mol. The van der Waals surface area contributed by atoms with Crippen molar-refractivity contribution in [1.82, 2.24) is 4.90 Å². The lowest BCUT2D eigenvalue weighted by Gasteiger charge is -2.42. The summed E-state index contributed by atoms with van der Waals surface area (Å²) in [6.45, 7) is 10.6. The van der Waals surface area contributed by atoms with Gasteiger partial charge in [-0.3, -0.25) is 14.5 Å². The minimum absolute atomic E-state index is 0.184. The van der Waals surface area contributed by atoms with Gasteiger partial charge in [-0.05, 0) is 67.1 Å². The number of para-hydroxylation sites is 1. The van der Waals surface area contributed by atoms with Gasteiger partial charge < -0.3 is 15.1 Å². The molecule has 2 atom stereocenters. The van der Waals surface area contributed by atoms with Crippen LogP contribution < -0.4 is 4.90 Å². The first kappa shape index (κ1) is 26.3. The van der Waals surface area contributed by atoms with Crippen LogP contribution in [0.25, 0.3) is 0 Å². The highest BCUT2D eigenvalue weighted by Crippen LogP contribution is 2.40. The fraction of sp³-hybridized carbons (Fsp3) is 0.462. The largest absolute Gasteiger partial charge is 0.483 e. The Morgan fingerprint density at radius 3 is 2.18 bits per heavy atom. The third-order valence-corrected chi connectivity index (χ3v) is 7.62. The first-order valence-electron chi connectivity index (χ1n) is 11.5. The molecule has 0 radical (unpaired) electrons. The van der Waals surface area contributed by atoms with Crippen molar-refractivity contribution >= 4 is 41.3 Å². The lowest BCUT2D eigenvalue weighted by atomic mass is 9.85. The molecule has 34 heavy (non-hydrogen) atoms. The Balaban J connectivity index is 0.00000103. The van der Waals surface area contributed by atoms with E-state index in [0.717, 1.165) is 44.8 Å². The highest BCUT2D eigenvalue weighted by Gasteiger charge is 2.33. The van der Waals surface area contributed by atoms with Crippen molar-refractivity contribution in [3.8, 4) is 0 Å². The standard InChI is InChI=1S/C25H30Cl2N2O2.CH2O2/c1-15-9-18(19-12-29(13-19)24-22(26)5-4-6-23(24)27)10-16(2)21(15)14-28-8-7-20(25(30)31)17(3)11-28;2-1-3/h4-6,9-10,17,19-20H,7-8,11-14H2,1-3H3,(H,30,31);1H,(H,2,3). The third-order valence-electron chi connectivity index (χ3n) is 7.01. The van der Waals surface area contributed by atoms with Gasteiger partial charge in [-0.1, -0.05) is 48.3 Å². The molecule has 8 heteroatoms. The molecule has 0 aliphatic carbocycles. The van der Waals surface area contributed by atoms with Gasteiger partial charge >= 0.3 is 5.97 Å². The molecule has 0 bridgehead atoms. The third kappa shape index (κ3) is 5.85. The van der Waals surface area contributed by atoms with E-state index >= 15 is 0 Å². The van der Waals surface area contributed by atoms with Crippen molar-refractivity contribution in [3.63, 3.8) is 0 Å². The maximum atomic E-state index is 11.4. The number of hydrogen-bond donors (Lipinski definition) is 2. The van der Waals surface area contributed by atoms with E-state index in [9.17, 15) is 9.90 Å². The number of likely N-dealkylation sites (tertiary alicyclic amines) is 1. The predicted octanol–water partition coefficient (Wildman–Crippen LogP) is 5.46. The number of anilines is 1. The summed E-state index contributed by atoms with van der Waals surface area (Å²) in [6, 6.07) is 10.3. The van der Waals surface area contributed by atoms with Crippen molar-refractivity contribution in [2.75, 3.05) is 31.1 Å². The van der Waals surface area contributed by atoms with Gasteiger partial charge in [0.1, 0.15) is 0 Å². The van der Waals surface area contributed by atoms with Crippen LogP contribution >= 0.6 is 23.2 Å². The number of nitrogens with zero attached hydrogens (tertiary/aromatic N) is 2. The summed E-state index contributed by atoms with van der Waals surface area (Å²) in [5, 5.41) is 17.7. The number of halogens is 2. The van der Waals surface area contributed by atoms with Crippen molar-refractivity contribution in [1.29, 1.82) is 0 Å². The molecule has 184 valence electrons. The van der Waals surface area contributed by atoms with E-state index in [2.05, 4.69) is 42.7 Å². The number of carboxylic acid groups (broad SMARTS) is 2. The molecular formula is C26H32Cl2N2O4. The topological polar surface area (TPSA) is 81.1 Å². The van der Waals surface area contributed by atoms with E-state index in [1.165, 1.54) is 22.3 Å². The highest BCUT2D eigenvalue weighted by atomic mass is 35.5. The highest BCUT2D eigenvalue weighted by molar-refractivity contribution is 6.39. The Kier molecular flexibility index (Phi) is 8.85. The van der Waals surface area contributed by atoms with Crippen LogP contribution in [0.5, 0.6) is 0 Å². The molecule has 4 rings (SSSR count). The van der Waals surface area contributed by atoms with E-state index in [4.69, 9.17) is 33.1 Å². The van der Waals surface area contributed by atoms with Crippen LogP contribution in [0.4, 0.5) is 5.69 Å². The molecule has 0 saturated carbocycles. The quantitative estimate of drug-likeness (QED) is 0.524.